The molecule has 1 heteroatoms. The third-order valence-electron chi connectivity index (χ3n) is 2.90. The lowest BCUT2D eigenvalue weighted by atomic mass is 9.82. The molecule has 1 aliphatic carbocycles. The van der Waals surface area contributed by atoms with Gasteiger partial charge >= 0.3 is 0 Å². The van der Waals surface area contributed by atoms with Crippen LogP contribution < -0.4 is 5.32 Å². The van der Waals surface area contributed by atoms with E-state index in [0.717, 1.165) is 5.92 Å². The Kier molecular flexibility index (Phi) is 1.10. The van der Waals surface area contributed by atoms with Gasteiger partial charge < -0.3 is 5.32 Å². The van der Waals surface area contributed by atoms with E-state index in [1.165, 1.54) is 32.2 Å². The third kappa shape index (κ3) is 0.877. The van der Waals surface area contributed by atoms with Gasteiger partial charge in [-0.15, -0.1) is 0 Å². The van der Waals surface area contributed by atoms with E-state index in [4.69, 9.17) is 0 Å². The zero-order chi connectivity index (χ0) is 6.32. The largest absolute Gasteiger partial charge is 0.311 e. The van der Waals surface area contributed by atoms with Crippen molar-refractivity contribution in [2.45, 2.75) is 38.1 Å². The van der Waals surface area contributed by atoms with E-state index in [-0.39, 0.29) is 0 Å². The molecule has 52 valence electrons. The Morgan fingerprint density at radius 1 is 1.56 bits per heavy atom. The summed E-state index contributed by atoms with van der Waals surface area (Å²) in [5.74, 6) is 1.02. The zero-order valence-electron chi connectivity index (χ0n) is 6.11. The van der Waals surface area contributed by atoms with E-state index < -0.39 is 0 Å². The molecule has 0 aromatic carbocycles. The Balaban J connectivity index is 2.13. The number of fused-ring (bicyclic) bond motifs is 2. The first-order chi connectivity index (χ1) is 4.29. The highest BCUT2D eigenvalue weighted by atomic mass is 15.0. The molecule has 9 heavy (non-hydrogen) atoms. The molecular formula is C8H15N. The summed E-state index contributed by atoms with van der Waals surface area (Å²) in [6, 6.07) is 0. The van der Waals surface area contributed by atoms with Gasteiger partial charge in [-0.3, -0.25) is 0 Å². The molecule has 1 saturated carbocycles. The lowest BCUT2D eigenvalue weighted by Gasteiger charge is -2.28. The fourth-order valence-corrected chi connectivity index (χ4v) is 2.35. The molecule has 0 amide bonds. The minimum Gasteiger partial charge on any atom is -0.311 e. The normalized spacial score (nSPS) is 49.7. The van der Waals surface area contributed by atoms with Gasteiger partial charge in [0.15, 0.2) is 0 Å². The lowest BCUT2D eigenvalue weighted by Crippen LogP contribution is -2.36. The van der Waals surface area contributed by atoms with Crippen LogP contribution in [0.1, 0.15) is 32.6 Å². The summed E-state index contributed by atoms with van der Waals surface area (Å²) >= 11 is 0. The van der Waals surface area contributed by atoms with Crippen molar-refractivity contribution >= 4 is 0 Å². The first kappa shape index (κ1) is 5.72. The molecule has 1 nitrogen and oxygen atoms in total. The fourth-order valence-electron chi connectivity index (χ4n) is 2.35. The van der Waals surface area contributed by atoms with Crippen LogP contribution in [0.5, 0.6) is 0 Å². The highest BCUT2D eigenvalue weighted by Crippen LogP contribution is 2.36. The maximum absolute atomic E-state index is 3.59. The highest BCUT2D eigenvalue weighted by Gasteiger charge is 2.37. The Bertz CT molecular complexity index is 118. The van der Waals surface area contributed by atoms with Crippen molar-refractivity contribution in [2.75, 3.05) is 6.54 Å². The Morgan fingerprint density at radius 3 is 3.11 bits per heavy atom. The molecule has 1 N–H and O–H groups in total. The van der Waals surface area contributed by atoms with Crippen molar-refractivity contribution in [3.63, 3.8) is 0 Å². The van der Waals surface area contributed by atoms with Crippen molar-refractivity contribution in [1.29, 1.82) is 0 Å². The van der Waals surface area contributed by atoms with Gasteiger partial charge in [-0.2, -0.15) is 0 Å². The number of nitrogens with one attached hydrogen (secondary N) is 1. The smallest absolute Gasteiger partial charge is 0.0156 e. The van der Waals surface area contributed by atoms with E-state index in [1.54, 1.807) is 0 Å². The van der Waals surface area contributed by atoms with Crippen LogP contribution in [0, 0.1) is 5.92 Å². The summed E-state index contributed by atoms with van der Waals surface area (Å²) in [5.41, 5.74) is 0.545. The average Bonchev–Trinajstić information content (AvgIpc) is 2.07. The van der Waals surface area contributed by atoms with Crippen LogP contribution in [0.2, 0.25) is 0 Å². The van der Waals surface area contributed by atoms with E-state index in [2.05, 4.69) is 12.2 Å². The average molecular weight is 125 g/mol. The molecule has 0 spiro atoms. The van der Waals surface area contributed by atoms with Crippen molar-refractivity contribution in [2.24, 2.45) is 5.92 Å². The molecule has 2 aliphatic rings. The van der Waals surface area contributed by atoms with Crippen molar-refractivity contribution in [1.82, 2.24) is 5.32 Å². The van der Waals surface area contributed by atoms with Gasteiger partial charge in [-0.1, -0.05) is 6.42 Å². The first-order valence-corrected chi connectivity index (χ1v) is 4.04. The van der Waals surface area contributed by atoms with Gasteiger partial charge in [0.05, 0.1) is 0 Å². The van der Waals surface area contributed by atoms with Crippen LogP contribution in [0.25, 0.3) is 0 Å². The highest BCUT2D eigenvalue weighted by molar-refractivity contribution is 4.96. The molecule has 2 rings (SSSR count). The molecule has 0 aromatic rings. The van der Waals surface area contributed by atoms with E-state index in [0.29, 0.717) is 5.54 Å². The third-order valence-corrected chi connectivity index (χ3v) is 2.90. The molecule has 2 fully saturated rings. The molecule has 0 radical (unpaired) electrons. The first-order valence-electron chi connectivity index (χ1n) is 4.04. The predicted molar refractivity (Wildman–Crippen MR) is 38.4 cm³/mol. The van der Waals surface area contributed by atoms with Crippen LogP contribution in [0.3, 0.4) is 0 Å². The van der Waals surface area contributed by atoms with Gasteiger partial charge in [0, 0.05) is 5.54 Å². The van der Waals surface area contributed by atoms with Gasteiger partial charge in [0.1, 0.15) is 0 Å². The second-order valence-corrected chi connectivity index (χ2v) is 3.90. The molecule has 2 bridgehead atoms. The van der Waals surface area contributed by atoms with Crippen LogP contribution in [0.15, 0.2) is 0 Å². The summed E-state index contributed by atoms with van der Waals surface area (Å²) in [6.07, 6.45) is 5.77. The SMILES string of the molecule is C[C@@]12CCC[C@H](CN1)C2. The summed E-state index contributed by atoms with van der Waals surface area (Å²) in [5, 5.41) is 3.59. The molecule has 0 aromatic heterocycles. The topological polar surface area (TPSA) is 12.0 Å². The van der Waals surface area contributed by atoms with Crippen molar-refractivity contribution < 1.29 is 0 Å². The minimum atomic E-state index is 0.545. The maximum Gasteiger partial charge on any atom is 0.0156 e. The molecular weight excluding hydrogens is 110 g/mol. The van der Waals surface area contributed by atoms with Crippen LogP contribution in [-0.2, 0) is 0 Å². The van der Waals surface area contributed by atoms with E-state index in [1.807, 2.05) is 0 Å². The number of hydrogen-bond donors (Lipinski definition) is 1. The minimum absolute atomic E-state index is 0.545. The Morgan fingerprint density at radius 2 is 2.44 bits per heavy atom. The maximum atomic E-state index is 3.59. The Hall–Kier alpha value is -0.0400. The van der Waals surface area contributed by atoms with Gasteiger partial charge in [-0.25, -0.2) is 0 Å². The Labute approximate surface area is 56.8 Å². The summed E-state index contributed by atoms with van der Waals surface area (Å²) in [4.78, 5) is 0. The monoisotopic (exact) mass is 125 g/mol. The second kappa shape index (κ2) is 1.72. The van der Waals surface area contributed by atoms with Crippen LogP contribution in [0.4, 0.5) is 0 Å². The number of hydrogen-bond acceptors (Lipinski definition) is 1. The van der Waals surface area contributed by atoms with Crippen LogP contribution >= 0.6 is 0 Å². The van der Waals surface area contributed by atoms with Gasteiger partial charge in [0.25, 0.3) is 0 Å². The number of rotatable bonds is 0. The molecule has 1 aliphatic heterocycles. The molecule has 0 unspecified atom stereocenters. The predicted octanol–water partition coefficient (Wildman–Crippen LogP) is 1.54. The molecule has 2 atom stereocenters. The van der Waals surface area contributed by atoms with Crippen molar-refractivity contribution in [3.05, 3.63) is 0 Å². The second-order valence-electron chi connectivity index (χ2n) is 3.90. The van der Waals surface area contributed by atoms with Crippen molar-refractivity contribution in [3.8, 4) is 0 Å². The summed E-state index contributed by atoms with van der Waals surface area (Å²) in [7, 11) is 0. The van der Waals surface area contributed by atoms with Gasteiger partial charge in [-0.05, 0) is 38.6 Å². The molecule has 1 heterocycles. The van der Waals surface area contributed by atoms with Gasteiger partial charge in [0.2, 0.25) is 0 Å². The molecule has 1 saturated heterocycles. The lowest BCUT2D eigenvalue weighted by molar-refractivity contribution is 0.308. The standard InChI is InChI=1S/C8H15N/c1-8-4-2-3-7(5-8)6-9-8/h7,9H,2-6H2,1H3/t7-,8-/m0/s1. The zero-order valence-corrected chi connectivity index (χ0v) is 6.11. The van der Waals surface area contributed by atoms with Crippen LogP contribution in [-0.4, -0.2) is 12.1 Å². The fraction of sp³-hybridized carbons (Fsp3) is 1.00. The quantitative estimate of drug-likeness (QED) is 0.518. The van der Waals surface area contributed by atoms with E-state index >= 15 is 0 Å². The summed E-state index contributed by atoms with van der Waals surface area (Å²) < 4.78 is 0. The van der Waals surface area contributed by atoms with E-state index in [9.17, 15) is 0 Å². The summed E-state index contributed by atoms with van der Waals surface area (Å²) in [6.45, 7) is 3.66.